The van der Waals surface area contributed by atoms with Crippen LogP contribution >= 0.6 is 27.3 Å². The molecule has 9 heteroatoms. The van der Waals surface area contributed by atoms with Crippen LogP contribution in [0.2, 0.25) is 0 Å². The first kappa shape index (κ1) is 25.4. The van der Waals surface area contributed by atoms with Crippen molar-refractivity contribution in [2.75, 3.05) is 18.5 Å². The van der Waals surface area contributed by atoms with Crippen molar-refractivity contribution in [1.29, 1.82) is 0 Å². The lowest BCUT2D eigenvalue weighted by Crippen LogP contribution is -2.17. The van der Waals surface area contributed by atoms with Crippen LogP contribution < -0.4 is 20.2 Å². The Balaban J connectivity index is 1.38. The van der Waals surface area contributed by atoms with E-state index in [0.717, 1.165) is 32.1 Å². The molecule has 0 aliphatic heterocycles. The van der Waals surface area contributed by atoms with Crippen LogP contribution in [0.25, 0.3) is 11.3 Å². The van der Waals surface area contributed by atoms with E-state index < -0.39 is 0 Å². The Labute approximate surface area is 222 Å². The summed E-state index contributed by atoms with van der Waals surface area (Å²) >= 11 is 5.03. The molecule has 1 amide bonds. The summed E-state index contributed by atoms with van der Waals surface area (Å²) in [6.45, 7) is 4.85. The number of carbonyl (C=O) groups is 1. The summed E-state index contributed by atoms with van der Waals surface area (Å²) in [5.41, 5.74) is 6.57. The number of thiazole rings is 1. The van der Waals surface area contributed by atoms with E-state index in [0.29, 0.717) is 30.3 Å². The smallest absolute Gasteiger partial charge is 0.271 e. The highest BCUT2D eigenvalue weighted by Gasteiger charge is 2.12. The SMILES string of the molecule is CCOc1cc(/C=N\NC(=O)c2ccc(-c3csc(Nc4ccccc4)n3)cc2)cc(Br)c1OCC. The number of rotatable bonds is 10. The summed E-state index contributed by atoms with van der Waals surface area (Å²) in [7, 11) is 0. The average Bonchev–Trinajstić information content (AvgIpc) is 3.35. The van der Waals surface area contributed by atoms with Crippen molar-refractivity contribution in [3.8, 4) is 22.8 Å². The summed E-state index contributed by atoms with van der Waals surface area (Å²) in [6.07, 6.45) is 1.56. The Hall–Kier alpha value is -3.69. The quantitative estimate of drug-likeness (QED) is 0.162. The highest BCUT2D eigenvalue weighted by molar-refractivity contribution is 9.10. The molecule has 0 fully saturated rings. The largest absolute Gasteiger partial charge is 0.490 e. The minimum atomic E-state index is -0.308. The third kappa shape index (κ3) is 6.50. The second-order valence-electron chi connectivity index (χ2n) is 7.50. The molecular weight excluding hydrogens is 540 g/mol. The minimum absolute atomic E-state index is 0.308. The average molecular weight is 565 g/mol. The predicted octanol–water partition coefficient (Wildman–Crippen LogP) is 6.88. The number of carbonyl (C=O) groups excluding carboxylic acids is 1. The first-order chi connectivity index (χ1) is 17.6. The van der Waals surface area contributed by atoms with Gasteiger partial charge in [-0.15, -0.1) is 11.3 Å². The highest BCUT2D eigenvalue weighted by Crippen LogP contribution is 2.36. The molecule has 0 saturated heterocycles. The van der Waals surface area contributed by atoms with Crippen LogP contribution in [0.5, 0.6) is 11.5 Å². The van der Waals surface area contributed by atoms with Gasteiger partial charge in [0.15, 0.2) is 16.6 Å². The van der Waals surface area contributed by atoms with Gasteiger partial charge in [0, 0.05) is 22.2 Å². The summed E-state index contributed by atoms with van der Waals surface area (Å²) in [4.78, 5) is 17.2. The fraction of sp³-hybridized carbons (Fsp3) is 0.148. The lowest BCUT2D eigenvalue weighted by Gasteiger charge is -2.13. The molecule has 4 aromatic rings. The number of hydrogen-bond donors (Lipinski definition) is 2. The number of para-hydroxylation sites is 1. The van der Waals surface area contributed by atoms with Crippen LogP contribution in [0.4, 0.5) is 10.8 Å². The normalized spacial score (nSPS) is 10.9. The standard InChI is InChI=1S/C27H25BrN4O3S/c1-3-34-24-15-18(14-22(28)25(24)35-4-2)16-29-32-26(33)20-12-10-19(11-13-20)23-17-36-27(31-23)30-21-8-6-5-7-9-21/h5-17H,3-4H2,1-2H3,(H,30,31)(H,32,33)/b29-16-. The van der Waals surface area contributed by atoms with Crippen molar-refractivity contribution in [1.82, 2.24) is 10.4 Å². The van der Waals surface area contributed by atoms with E-state index in [2.05, 4.69) is 36.8 Å². The molecule has 0 aliphatic carbocycles. The molecule has 0 saturated carbocycles. The molecule has 0 unspecified atom stereocenters. The lowest BCUT2D eigenvalue weighted by atomic mass is 10.1. The maximum Gasteiger partial charge on any atom is 0.271 e. The number of nitrogens with zero attached hydrogens (tertiary/aromatic N) is 2. The molecular formula is C27H25BrN4O3S. The molecule has 1 heterocycles. The van der Waals surface area contributed by atoms with Gasteiger partial charge in [-0.2, -0.15) is 5.10 Å². The summed E-state index contributed by atoms with van der Waals surface area (Å²) in [6, 6.07) is 20.8. The zero-order valence-electron chi connectivity index (χ0n) is 19.8. The van der Waals surface area contributed by atoms with Gasteiger partial charge in [-0.3, -0.25) is 4.79 Å². The fourth-order valence-electron chi connectivity index (χ4n) is 3.34. The Morgan fingerprint density at radius 1 is 1.06 bits per heavy atom. The molecule has 36 heavy (non-hydrogen) atoms. The molecule has 0 atom stereocenters. The van der Waals surface area contributed by atoms with Crippen molar-refractivity contribution in [3.63, 3.8) is 0 Å². The topological polar surface area (TPSA) is 84.8 Å². The van der Waals surface area contributed by atoms with Gasteiger partial charge in [0.05, 0.1) is 29.6 Å². The molecule has 7 nitrogen and oxygen atoms in total. The van der Waals surface area contributed by atoms with E-state index in [-0.39, 0.29) is 5.91 Å². The maximum atomic E-state index is 12.6. The number of aromatic nitrogens is 1. The molecule has 1 aromatic heterocycles. The maximum absolute atomic E-state index is 12.6. The number of benzene rings is 3. The monoisotopic (exact) mass is 564 g/mol. The fourth-order valence-corrected chi connectivity index (χ4v) is 4.65. The molecule has 0 radical (unpaired) electrons. The van der Waals surface area contributed by atoms with Gasteiger partial charge in [0.1, 0.15) is 0 Å². The van der Waals surface area contributed by atoms with Crippen molar-refractivity contribution in [2.45, 2.75) is 13.8 Å². The molecule has 3 aromatic carbocycles. The van der Waals surface area contributed by atoms with Gasteiger partial charge in [-0.05, 0) is 71.7 Å². The van der Waals surface area contributed by atoms with Crippen LogP contribution in [0.15, 0.2) is 81.7 Å². The van der Waals surface area contributed by atoms with E-state index in [1.165, 1.54) is 11.3 Å². The van der Waals surface area contributed by atoms with E-state index in [9.17, 15) is 4.79 Å². The van der Waals surface area contributed by atoms with Crippen LogP contribution in [0.1, 0.15) is 29.8 Å². The van der Waals surface area contributed by atoms with Gasteiger partial charge < -0.3 is 14.8 Å². The Morgan fingerprint density at radius 3 is 2.53 bits per heavy atom. The highest BCUT2D eigenvalue weighted by atomic mass is 79.9. The van der Waals surface area contributed by atoms with E-state index in [1.807, 2.05) is 73.8 Å². The lowest BCUT2D eigenvalue weighted by molar-refractivity contribution is 0.0955. The predicted molar refractivity (Wildman–Crippen MR) is 149 cm³/mol. The summed E-state index contributed by atoms with van der Waals surface area (Å²) in [5.74, 6) is 0.947. The number of ether oxygens (including phenoxy) is 2. The first-order valence-electron chi connectivity index (χ1n) is 11.4. The zero-order valence-corrected chi connectivity index (χ0v) is 22.2. The minimum Gasteiger partial charge on any atom is -0.490 e. The van der Waals surface area contributed by atoms with E-state index >= 15 is 0 Å². The first-order valence-corrected chi connectivity index (χ1v) is 13.0. The molecule has 0 spiro atoms. The van der Waals surface area contributed by atoms with Crippen molar-refractivity contribution >= 4 is 50.2 Å². The number of anilines is 2. The number of amides is 1. The number of halogens is 1. The van der Waals surface area contributed by atoms with Crippen LogP contribution in [0, 0.1) is 0 Å². The van der Waals surface area contributed by atoms with Crippen LogP contribution in [-0.4, -0.2) is 30.3 Å². The van der Waals surface area contributed by atoms with Crippen LogP contribution in [0.3, 0.4) is 0 Å². The molecule has 184 valence electrons. The third-order valence-electron chi connectivity index (χ3n) is 4.97. The van der Waals surface area contributed by atoms with Gasteiger partial charge in [-0.1, -0.05) is 30.3 Å². The second kappa shape index (κ2) is 12.3. The Morgan fingerprint density at radius 2 is 1.81 bits per heavy atom. The van der Waals surface area contributed by atoms with Gasteiger partial charge in [0.2, 0.25) is 0 Å². The number of hydrazone groups is 1. The van der Waals surface area contributed by atoms with Crippen molar-refractivity contribution < 1.29 is 14.3 Å². The Bertz CT molecular complexity index is 1340. The molecule has 2 N–H and O–H groups in total. The number of nitrogens with one attached hydrogen (secondary N) is 2. The van der Waals surface area contributed by atoms with Gasteiger partial charge >= 0.3 is 0 Å². The zero-order chi connectivity index (χ0) is 25.3. The van der Waals surface area contributed by atoms with E-state index in [4.69, 9.17) is 9.47 Å². The molecule has 4 rings (SSSR count). The summed E-state index contributed by atoms with van der Waals surface area (Å²) in [5, 5.41) is 10.2. The Kier molecular flexibility index (Phi) is 8.70. The molecule has 0 bridgehead atoms. The van der Waals surface area contributed by atoms with Crippen LogP contribution in [-0.2, 0) is 0 Å². The summed E-state index contributed by atoms with van der Waals surface area (Å²) < 4.78 is 12.1. The van der Waals surface area contributed by atoms with Crippen molar-refractivity contribution in [3.05, 3.63) is 87.7 Å². The second-order valence-corrected chi connectivity index (χ2v) is 9.21. The van der Waals surface area contributed by atoms with Crippen molar-refractivity contribution in [2.24, 2.45) is 5.10 Å². The van der Waals surface area contributed by atoms with E-state index in [1.54, 1.807) is 18.3 Å². The third-order valence-corrected chi connectivity index (χ3v) is 6.32. The number of hydrogen-bond acceptors (Lipinski definition) is 7. The molecule has 0 aliphatic rings. The van der Waals surface area contributed by atoms with Gasteiger partial charge in [-0.25, -0.2) is 10.4 Å². The van der Waals surface area contributed by atoms with Gasteiger partial charge in [0.25, 0.3) is 5.91 Å².